The molecule has 2 atom stereocenters. The first-order valence-electron chi connectivity index (χ1n) is 8.44. The Bertz CT molecular complexity index is 499. The predicted molar refractivity (Wildman–Crippen MR) is 90.1 cm³/mol. The molecule has 0 unspecified atom stereocenters. The first-order chi connectivity index (χ1) is 11.0. The monoisotopic (exact) mass is 341 g/mol. The number of hydrogen-bond donors (Lipinski definition) is 3. The fourth-order valence-corrected chi connectivity index (χ4v) is 3.79. The summed E-state index contributed by atoms with van der Waals surface area (Å²) in [6.07, 6.45) is 0.975. The highest BCUT2D eigenvalue weighted by Crippen LogP contribution is 2.43. The van der Waals surface area contributed by atoms with Crippen molar-refractivity contribution in [3.8, 4) is 0 Å². The molecular formula is C17H31N3O4. The van der Waals surface area contributed by atoms with E-state index < -0.39 is 22.8 Å². The average Bonchev–Trinajstić information content (AvgIpc) is 2.74. The van der Waals surface area contributed by atoms with Crippen LogP contribution in [0.25, 0.3) is 0 Å². The zero-order valence-electron chi connectivity index (χ0n) is 15.6. The Balaban J connectivity index is 3.20. The minimum absolute atomic E-state index is 0.0678. The molecule has 0 aromatic carbocycles. The van der Waals surface area contributed by atoms with Crippen LogP contribution in [-0.2, 0) is 14.4 Å². The lowest BCUT2D eigenvalue weighted by atomic mass is 9.75. The summed E-state index contributed by atoms with van der Waals surface area (Å²) >= 11 is 0. The highest BCUT2D eigenvalue weighted by atomic mass is 16.5. The lowest BCUT2D eigenvalue weighted by Crippen LogP contribution is -2.55. The molecule has 0 spiro atoms. The van der Waals surface area contributed by atoms with Crippen LogP contribution in [0.2, 0.25) is 0 Å². The summed E-state index contributed by atoms with van der Waals surface area (Å²) in [6, 6.07) is -0.596. The first kappa shape index (κ1) is 20.4. The fourth-order valence-electron chi connectivity index (χ4n) is 3.79. The zero-order chi connectivity index (χ0) is 18.7. The summed E-state index contributed by atoms with van der Waals surface area (Å²) in [7, 11) is 1.56. The molecule has 0 saturated carbocycles. The van der Waals surface area contributed by atoms with Crippen molar-refractivity contribution < 1.29 is 19.6 Å². The number of amides is 3. The van der Waals surface area contributed by atoms with Gasteiger partial charge in [-0.2, -0.15) is 0 Å². The molecule has 1 aliphatic rings. The van der Waals surface area contributed by atoms with Gasteiger partial charge in [0.25, 0.3) is 0 Å². The maximum Gasteiger partial charge on any atom is 0.244 e. The highest BCUT2D eigenvalue weighted by Gasteiger charge is 2.52. The lowest BCUT2D eigenvalue weighted by Gasteiger charge is -2.38. The van der Waals surface area contributed by atoms with E-state index in [0.717, 1.165) is 0 Å². The second kappa shape index (κ2) is 7.51. The third-order valence-electron chi connectivity index (χ3n) is 4.60. The molecule has 138 valence electrons. The fraction of sp³-hybridized carbons (Fsp3) is 0.824. The molecule has 7 heteroatoms. The van der Waals surface area contributed by atoms with Crippen molar-refractivity contribution in [1.82, 2.24) is 15.7 Å². The largest absolute Gasteiger partial charge is 0.357 e. The van der Waals surface area contributed by atoms with Crippen molar-refractivity contribution in [3.05, 3.63) is 0 Å². The maximum absolute atomic E-state index is 13.2. The van der Waals surface area contributed by atoms with E-state index in [2.05, 4.69) is 5.32 Å². The predicted octanol–water partition coefficient (Wildman–Crippen LogP) is 1.31. The van der Waals surface area contributed by atoms with Gasteiger partial charge in [0, 0.05) is 20.0 Å². The summed E-state index contributed by atoms with van der Waals surface area (Å²) in [6.45, 7) is 10.2. The average molecular weight is 341 g/mol. The van der Waals surface area contributed by atoms with Gasteiger partial charge in [0.2, 0.25) is 17.7 Å². The van der Waals surface area contributed by atoms with Crippen molar-refractivity contribution in [3.63, 3.8) is 0 Å². The summed E-state index contributed by atoms with van der Waals surface area (Å²) in [4.78, 5) is 38.9. The van der Waals surface area contributed by atoms with Crippen LogP contribution in [0.4, 0.5) is 0 Å². The summed E-state index contributed by atoms with van der Waals surface area (Å²) in [5.74, 6) is -0.738. The minimum atomic E-state index is -0.863. The smallest absolute Gasteiger partial charge is 0.244 e. The zero-order valence-corrected chi connectivity index (χ0v) is 15.6. The molecule has 1 heterocycles. The van der Waals surface area contributed by atoms with Crippen LogP contribution in [0.15, 0.2) is 0 Å². The number of nitrogens with one attached hydrogen (secondary N) is 2. The quantitative estimate of drug-likeness (QED) is 0.501. The van der Waals surface area contributed by atoms with Crippen molar-refractivity contribution >= 4 is 17.7 Å². The molecule has 24 heavy (non-hydrogen) atoms. The molecule has 0 aromatic heterocycles. The number of rotatable bonds is 6. The molecule has 1 rings (SSSR count). The SMILES string of the molecule is CNC(=O)[C@H](N1CC[C@](CC(=O)NO)(CC(C)C)C1=O)C(C)(C)C. The van der Waals surface area contributed by atoms with Crippen LogP contribution in [0, 0.1) is 16.7 Å². The van der Waals surface area contributed by atoms with E-state index in [4.69, 9.17) is 5.21 Å². The Morgan fingerprint density at radius 3 is 2.33 bits per heavy atom. The number of likely N-dealkylation sites (tertiary alicyclic amines) is 1. The van der Waals surface area contributed by atoms with E-state index in [-0.39, 0.29) is 24.2 Å². The van der Waals surface area contributed by atoms with Crippen molar-refractivity contribution in [2.24, 2.45) is 16.7 Å². The van der Waals surface area contributed by atoms with Gasteiger partial charge in [0.05, 0.1) is 5.41 Å². The van der Waals surface area contributed by atoms with E-state index in [1.165, 1.54) is 0 Å². The number of hydrogen-bond acceptors (Lipinski definition) is 4. The number of carbonyl (C=O) groups is 3. The highest BCUT2D eigenvalue weighted by molar-refractivity contribution is 5.94. The molecular weight excluding hydrogens is 310 g/mol. The van der Waals surface area contributed by atoms with Crippen LogP contribution in [-0.4, -0.2) is 47.5 Å². The van der Waals surface area contributed by atoms with Gasteiger partial charge in [-0.15, -0.1) is 0 Å². The molecule has 0 bridgehead atoms. The minimum Gasteiger partial charge on any atom is -0.357 e. The van der Waals surface area contributed by atoms with Gasteiger partial charge in [0.15, 0.2) is 0 Å². The second-order valence-electron chi connectivity index (χ2n) is 8.22. The lowest BCUT2D eigenvalue weighted by molar-refractivity contribution is -0.149. The number of hydroxylamine groups is 1. The van der Waals surface area contributed by atoms with Gasteiger partial charge in [-0.25, -0.2) is 5.48 Å². The number of nitrogens with zero attached hydrogens (tertiary/aromatic N) is 1. The van der Waals surface area contributed by atoms with Crippen molar-refractivity contribution in [1.29, 1.82) is 0 Å². The van der Waals surface area contributed by atoms with Crippen molar-refractivity contribution in [2.45, 2.75) is 59.9 Å². The summed E-state index contributed by atoms with van der Waals surface area (Å²) < 4.78 is 0. The first-order valence-corrected chi connectivity index (χ1v) is 8.44. The maximum atomic E-state index is 13.2. The van der Waals surface area contributed by atoms with Gasteiger partial charge >= 0.3 is 0 Å². The van der Waals surface area contributed by atoms with Gasteiger partial charge in [-0.05, 0) is 24.2 Å². The molecule has 1 fully saturated rings. The molecule has 3 N–H and O–H groups in total. The Morgan fingerprint density at radius 1 is 1.33 bits per heavy atom. The van der Waals surface area contributed by atoms with Crippen LogP contribution in [0.5, 0.6) is 0 Å². The molecule has 1 aliphatic heterocycles. The normalized spacial score (nSPS) is 22.7. The Hall–Kier alpha value is -1.63. The van der Waals surface area contributed by atoms with Gasteiger partial charge in [-0.1, -0.05) is 34.6 Å². The third kappa shape index (κ3) is 4.26. The van der Waals surface area contributed by atoms with Gasteiger partial charge in [0.1, 0.15) is 6.04 Å². The van der Waals surface area contributed by atoms with Gasteiger partial charge in [-0.3, -0.25) is 19.6 Å². The Kier molecular flexibility index (Phi) is 6.38. The Morgan fingerprint density at radius 2 is 1.92 bits per heavy atom. The van der Waals surface area contributed by atoms with Gasteiger partial charge < -0.3 is 10.2 Å². The standard InChI is InChI=1S/C17H31N3O4/c1-11(2)9-17(10-12(21)19-24)7-8-20(15(17)23)13(14(22)18-6)16(3,4)5/h11,13,24H,7-10H2,1-6H3,(H,18,22)(H,19,21)/t13-,17+/m0/s1. The summed E-state index contributed by atoms with van der Waals surface area (Å²) in [5.41, 5.74) is 0.339. The van der Waals surface area contributed by atoms with Crippen LogP contribution in [0.3, 0.4) is 0 Å². The van der Waals surface area contributed by atoms with Crippen LogP contribution in [0.1, 0.15) is 53.9 Å². The van der Waals surface area contributed by atoms with E-state index in [1.807, 2.05) is 34.6 Å². The van der Waals surface area contributed by atoms with Crippen LogP contribution < -0.4 is 10.8 Å². The molecule has 3 amide bonds. The number of likely N-dealkylation sites (N-methyl/N-ethyl adjacent to an activating group) is 1. The van der Waals surface area contributed by atoms with Crippen molar-refractivity contribution in [2.75, 3.05) is 13.6 Å². The number of carbonyl (C=O) groups excluding carboxylic acids is 3. The third-order valence-corrected chi connectivity index (χ3v) is 4.60. The molecule has 0 radical (unpaired) electrons. The second-order valence-corrected chi connectivity index (χ2v) is 8.22. The van der Waals surface area contributed by atoms with E-state index in [1.54, 1.807) is 17.4 Å². The van der Waals surface area contributed by atoms with Crippen LogP contribution >= 0.6 is 0 Å². The van der Waals surface area contributed by atoms with E-state index >= 15 is 0 Å². The molecule has 7 nitrogen and oxygen atoms in total. The van der Waals surface area contributed by atoms with E-state index in [0.29, 0.717) is 19.4 Å². The summed E-state index contributed by atoms with van der Waals surface area (Å²) in [5, 5.41) is 11.5. The topological polar surface area (TPSA) is 98.7 Å². The molecule has 0 aromatic rings. The Labute approximate surface area is 144 Å². The molecule has 0 aliphatic carbocycles. The van der Waals surface area contributed by atoms with E-state index in [9.17, 15) is 14.4 Å². The molecule has 1 saturated heterocycles.